The minimum Gasteiger partial charge on any atom is -0.481 e. The van der Waals surface area contributed by atoms with Gasteiger partial charge in [0.15, 0.2) is 0 Å². The van der Waals surface area contributed by atoms with E-state index in [0.29, 0.717) is 30.6 Å². The van der Waals surface area contributed by atoms with Gasteiger partial charge in [-0.25, -0.2) is 0 Å². The summed E-state index contributed by atoms with van der Waals surface area (Å²) in [6.07, 6.45) is 2.36. The van der Waals surface area contributed by atoms with Gasteiger partial charge in [-0.3, -0.25) is 4.79 Å². The molecule has 1 aromatic rings. The summed E-state index contributed by atoms with van der Waals surface area (Å²) in [5, 5.41) is 21.3. The van der Waals surface area contributed by atoms with Gasteiger partial charge < -0.3 is 10.4 Å². The van der Waals surface area contributed by atoms with E-state index in [2.05, 4.69) is 27.3 Å². The van der Waals surface area contributed by atoms with Crippen LogP contribution in [0.5, 0.6) is 0 Å². The van der Waals surface area contributed by atoms with Crippen LogP contribution in [-0.2, 0) is 4.79 Å². The number of benzene rings is 1. The monoisotopic (exact) mass is 308 g/mol. The van der Waals surface area contributed by atoms with Gasteiger partial charge in [0.25, 0.3) is 0 Å². The molecule has 2 N–H and O–H groups in total. The number of hydrogen-bond acceptors (Lipinski definition) is 3. The van der Waals surface area contributed by atoms with E-state index in [1.54, 1.807) is 12.1 Å². The van der Waals surface area contributed by atoms with Crippen LogP contribution in [0.4, 0.5) is 5.69 Å². The fourth-order valence-electron chi connectivity index (χ4n) is 2.10. The smallest absolute Gasteiger partial charge is 0.311 e. The number of carbonyl (C=O) groups is 1. The highest BCUT2D eigenvalue weighted by Crippen LogP contribution is 2.41. The molecule has 0 unspecified atom stereocenters. The van der Waals surface area contributed by atoms with Gasteiger partial charge in [0, 0.05) is 11.0 Å². The molecular formula is C13H13BrN2O2. The molecule has 1 aromatic carbocycles. The largest absolute Gasteiger partial charge is 0.481 e. The van der Waals surface area contributed by atoms with E-state index in [1.165, 1.54) is 0 Å². The van der Waals surface area contributed by atoms with Crippen molar-refractivity contribution in [3.8, 4) is 6.07 Å². The van der Waals surface area contributed by atoms with Crippen LogP contribution in [0.25, 0.3) is 0 Å². The maximum Gasteiger partial charge on any atom is 0.311 e. The lowest BCUT2D eigenvalue weighted by atomic mass is 9.69. The van der Waals surface area contributed by atoms with E-state index < -0.39 is 11.4 Å². The number of nitrogens with zero attached hydrogens (tertiary/aromatic N) is 1. The van der Waals surface area contributed by atoms with Crippen molar-refractivity contribution in [1.29, 1.82) is 5.26 Å². The standard InChI is InChI=1S/C13H13BrN2O2/c14-10-2-3-11(9(6-10)7-15)16-8-13(12(17)18)4-1-5-13/h2-3,6,16H,1,4-5,8H2,(H,17,18). The Morgan fingerprint density at radius 3 is 2.78 bits per heavy atom. The van der Waals surface area contributed by atoms with Crippen LogP contribution in [-0.4, -0.2) is 17.6 Å². The summed E-state index contributed by atoms with van der Waals surface area (Å²) in [7, 11) is 0. The zero-order chi connectivity index (χ0) is 13.2. The fraction of sp³-hybridized carbons (Fsp3) is 0.385. The van der Waals surface area contributed by atoms with Crippen LogP contribution >= 0.6 is 15.9 Å². The van der Waals surface area contributed by atoms with Crippen molar-refractivity contribution in [2.45, 2.75) is 19.3 Å². The third-order valence-corrected chi connectivity index (χ3v) is 3.98. The molecule has 4 nitrogen and oxygen atoms in total. The molecule has 0 atom stereocenters. The first-order valence-electron chi connectivity index (χ1n) is 5.74. The van der Waals surface area contributed by atoms with Crippen molar-refractivity contribution in [2.75, 3.05) is 11.9 Å². The number of carboxylic acid groups (broad SMARTS) is 1. The quantitative estimate of drug-likeness (QED) is 0.897. The summed E-state index contributed by atoms with van der Waals surface area (Å²) >= 11 is 3.30. The molecule has 0 heterocycles. The number of halogens is 1. The molecule has 94 valence electrons. The first-order chi connectivity index (χ1) is 8.57. The van der Waals surface area contributed by atoms with Crippen LogP contribution in [0.3, 0.4) is 0 Å². The summed E-state index contributed by atoms with van der Waals surface area (Å²) < 4.78 is 0.834. The van der Waals surface area contributed by atoms with Gasteiger partial charge in [-0.05, 0) is 31.0 Å². The highest BCUT2D eigenvalue weighted by atomic mass is 79.9. The van der Waals surface area contributed by atoms with E-state index >= 15 is 0 Å². The second kappa shape index (κ2) is 4.99. The van der Waals surface area contributed by atoms with Gasteiger partial charge in [0.1, 0.15) is 6.07 Å². The summed E-state index contributed by atoms with van der Waals surface area (Å²) in [6, 6.07) is 7.44. The minimum atomic E-state index is -0.753. The number of nitrogens with one attached hydrogen (secondary N) is 1. The van der Waals surface area contributed by atoms with Crippen LogP contribution in [0.2, 0.25) is 0 Å². The number of hydrogen-bond donors (Lipinski definition) is 2. The van der Waals surface area contributed by atoms with Crippen molar-refractivity contribution in [3.63, 3.8) is 0 Å². The average Bonchev–Trinajstić information content (AvgIpc) is 2.28. The number of rotatable bonds is 4. The lowest BCUT2D eigenvalue weighted by Gasteiger charge is -2.37. The van der Waals surface area contributed by atoms with Crippen molar-refractivity contribution in [3.05, 3.63) is 28.2 Å². The first-order valence-corrected chi connectivity index (χ1v) is 6.54. The van der Waals surface area contributed by atoms with E-state index in [-0.39, 0.29) is 0 Å². The molecule has 1 aliphatic rings. The average molecular weight is 309 g/mol. The van der Waals surface area contributed by atoms with Crippen molar-refractivity contribution in [2.24, 2.45) is 5.41 Å². The molecule has 0 aliphatic heterocycles. The fourth-order valence-corrected chi connectivity index (χ4v) is 2.46. The van der Waals surface area contributed by atoms with Gasteiger partial charge >= 0.3 is 5.97 Å². The van der Waals surface area contributed by atoms with Crippen LogP contribution in [0, 0.1) is 16.7 Å². The SMILES string of the molecule is N#Cc1cc(Br)ccc1NCC1(C(=O)O)CCC1. The highest BCUT2D eigenvalue weighted by Gasteiger charge is 2.44. The maximum atomic E-state index is 11.2. The zero-order valence-corrected chi connectivity index (χ0v) is 11.3. The van der Waals surface area contributed by atoms with Crippen molar-refractivity contribution >= 4 is 27.6 Å². The summed E-state index contributed by atoms with van der Waals surface area (Å²) in [6.45, 7) is 0.374. The minimum absolute atomic E-state index is 0.374. The van der Waals surface area contributed by atoms with E-state index in [4.69, 9.17) is 5.26 Å². The van der Waals surface area contributed by atoms with Gasteiger partial charge in [-0.2, -0.15) is 5.26 Å². The third-order valence-electron chi connectivity index (χ3n) is 3.48. The maximum absolute atomic E-state index is 11.2. The Kier molecular flexibility index (Phi) is 3.58. The number of nitriles is 1. The molecule has 1 saturated carbocycles. The second-order valence-corrected chi connectivity index (χ2v) is 5.51. The third kappa shape index (κ3) is 2.34. The predicted octanol–water partition coefficient (Wildman–Crippen LogP) is 2.99. The molecule has 0 saturated heterocycles. The summed E-state index contributed by atoms with van der Waals surface area (Å²) in [5.74, 6) is -0.753. The van der Waals surface area contributed by atoms with Gasteiger partial charge in [0.2, 0.25) is 0 Å². The predicted molar refractivity (Wildman–Crippen MR) is 71.3 cm³/mol. The molecule has 0 spiro atoms. The van der Waals surface area contributed by atoms with E-state index in [1.807, 2.05) is 6.07 Å². The summed E-state index contributed by atoms with van der Waals surface area (Å²) in [4.78, 5) is 11.2. The molecule has 0 amide bonds. The van der Waals surface area contributed by atoms with Crippen LogP contribution in [0.15, 0.2) is 22.7 Å². The first kappa shape index (κ1) is 12.9. The van der Waals surface area contributed by atoms with Gasteiger partial charge in [-0.15, -0.1) is 0 Å². The molecule has 0 radical (unpaired) electrons. The Morgan fingerprint density at radius 1 is 1.56 bits per heavy atom. The molecule has 1 aliphatic carbocycles. The van der Waals surface area contributed by atoms with E-state index in [9.17, 15) is 9.90 Å². The van der Waals surface area contributed by atoms with E-state index in [0.717, 1.165) is 10.9 Å². The van der Waals surface area contributed by atoms with Gasteiger partial charge in [-0.1, -0.05) is 22.4 Å². The molecule has 5 heteroatoms. The summed E-state index contributed by atoms with van der Waals surface area (Å²) in [5.41, 5.74) is 0.553. The number of carboxylic acids is 1. The molecular weight excluding hydrogens is 296 g/mol. The van der Waals surface area contributed by atoms with Crippen LogP contribution < -0.4 is 5.32 Å². The Labute approximate surface area is 114 Å². The Hall–Kier alpha value is -1.54. The molecule has 0 aromatic heterocycles. The Morgan fingerprint density at radius 2 is 2.28 bits per heavy atom. The number of aliphatic carboxylic acids is 1. The molecule has 2 rings (SSSR count). The Balaban J connectivity index is 2.11. The highest BCUT2D eigenvalue weighted by molar-refractivity contribution is 9.10. The second-order valence-electron chi connectivity index (χ2n) is 4.59. The lowest BCUT2D eigenvalue weighted by molar-refractivity contribution is -0.153. The van der Waals surface area contributed by atoms with Crippen molar-refractivity contribution in [1.82, 2.24) is 0 Å². The number of anilines is 1. The molecule has 1 fully saturated rings. The molecule has 18 heavy (non-hydrogen) atoms. The van der Waals surface area contributed by atoms with Gasteiger partial charge in [0.05, 0.1) is 16.7 Å². The Bertz CT molecular complexity index is 518. The topological polar surface area (TPSA) is 73.1 Å². The lowest BCUT2D eigenvalue weighted by Crippen LogP contribution is -2.43. The zero-order valence-electron chi connectivity index (χ0n) is 9.74. The van der Waals surface area contributed by atoms with Crippen molar-refractivity contribution < 1.29 is 9.90 Å². The van der Waals surface area contributed by atoms with Crippen LogP contribution in [0.1, 0.15) is 24.8 Å². The molecule has 0 bridgehead atoms. The normalized spacial score (nSPS) is 16.4.